The SMILES string of the molecule is CCCc1nnc(NC(=O)N2CCSC(C)(C)C2)s1. The minimum atomic E-state index is -0.0624. The van der Waals surface area contributed by atoms with Crippen LogP contribution >= 0.6 is 23.1 Å². The van der Waals surface area contributed by atoms with E-state index in [0.29, 0.717) is 5.13 Å². The van der Waals surface area contributed by atoms with E-state index in [1.807, 2.05) is 16.7 Å². The summed E-state index contributed by atoms with van der Waals surface area (Å²) in [6, 6.07) is -0.0624. The van der Waals surface area contributed by atoms with E-state index in [2.05, 4.69) is 36.3 Å². The molecule has 1 fully saturated rings. The van der Waals surface area contributed by atoms with Gasteiger partial charge in [0.25, 0.3) is 0 Å². The van der Waals surface area contributed by atoms with Gasteiger partial charge in [0.05, 0.1) is 0 Å². The molecule has 19 heavy (non-hydrogen) atoms. The molecular formula is C12H20N4OS2. The summed E-state index contributed by atoms with van der Waals surface area (Å²) >= 11 is 3.38. The third-order valence-electron chi connectivity index (χ3n) is 2.86. The van der Waals surface area contributed by atoms with Crippen molar-refractivity contribution in [3.63, 3.8) is 0 Å². The highest BCUT2D eigenvalue weighted by Gasteiger charge is 2.30. The fraction of sp³-hybridized carbons (Fsp3) is 0.750. The topological polar surface area (TPSA) is 58.1 Å². The summed E-state index contributed by atoms with van der Waals surface area (Å²) in [7, 11) is 0. The van der Waals surface area contributed by atoms with E-state index in [4.69, 9.17) is 0 Å². The number of nitrogens with one attached hydrogen (secondary N) is 1. The maximum absolute atomic E-state index is 12.2. The Kier molecular flexibility index (Phi) is 4.67. The number of thioether (sulfide) groups is 1. The lowest BCUT2D eigenvalue weighted by Crippen LogP contribution is -2.47. The van der Waals surface area contributed by atoms with Gasteiger partial charge in [0.1, 0.15) is 5.01 Å². The Balaban J connectivity index is 1.92. The van der Waals surface area contributed by atoms with E-state index in [0.717, 1.165) is 36.7 Å². The maximum atomic E-state index is 12.2. The van der Waals surface area contributed by atoms with Crippen molar-refractivity contribution in [2.75, 3.05) is 24.2 Å². The summed E-state index contributed by atoms with van der Waals surface area (Å²) < 4.78 is 0.129. The Labute approximate surface area is 122 Å². The van der Waals surface area contributed by atoms with Crippen LogP contribution < -0.4 is 5.32 Å². The Bertz CT molecular complexity index is 447. The molecule has 1 saturated heterocycles. The average Bonchev–Trinajstić information content (AvgIpc) is 2.76. The van der Waals surface area contributed by atoms with Crippen LogP contribution in [0.3, 0.4) is 0 Å². The van der Waals surface area contributed by atoms with Gasteiger partial charge in [-0.15, -0.1) is 10.2 Å². The van der Waals surface area contributed by atoms with Gasteiger partial charge in [0, 0.05) is 30.0 Å². The quantitative estimate of drug-likeness (QED) is 0.932. The number of carbonyl (C=O) groups excluding carboxylic acids is 1. The van der Waals surface area contributed by atoms with Crippen LogP contribution in [0.4, 0.5) is 9.93 Å². The Morgan fingerprint density at radius 3 is 2.95 bits per heavy atom. The molecule has 0 bridgehead atoms. The second-order valence-corrected chi connectivity index (χ2v) is 8.07. The van der Waals surface area contributed by atoms with Gasteiger partial charge in [0.2, 0.25) is 5.13 Å². The molecule has 0 spiro atoms. The van der Waals surface area contributed by atoms with Crippen LogP contribution in [0.1, 0.15) is 32.2 Å². The molecule has 0 radical (unpaired) electrons. The van der Waals surface area contributed by atoms with Crippen molar-refractivity contribution in [3.8, 4) is 0 Å². The number of urea groups is 1. The zero-order valence-electron chi connectivity index (χ0n) is 11.6. The minimum absolute atomic E-state index is 0.0624. The second-order valence-electron chi connectivity index (χ2n) is 5.21. The monoisotopic (exact) mass is 300 g/mol. The fourth-order valence-corrected chi connectivity index (χ4v) is 3.92. The second kappa shape index (κ2) is 6.09. The molecule has 0 unspecified atom stereocenters. The van der Waals surface area contributed by atoms with E-state index in [9.17, 15) is 4.79 Å². The summed E-state index contributed by atoms with van der Waals surface area (Å²) in [5, 5.41) is 12.5. The van der Waals surface area contributed by atoms with Gasteiger partial charge >= 0.3 is 6.03 Å². The Morgan fingerprint density at radius 1 is 1.47 bits per heavy atom. The Hall–Kier alpha value is -0.820. The van der Waals surface area contributed by atoms with Gasteiger partial charge < -0.3 is 4.90 Å². The highest BCUT2D eigenvalue weighted by Crippen LogP contribution is 2.29. The molecule has 1 aliphatic heterocycles. The number of aromatic nitrogens is 2. The van der Waals surface area contributed by atoms with Crippen molar-refractivity contribution < 1.29 is 4.79 Å². The van der Waals surface area contributed by atoms with Crippen LogP contribution in [0.2, 0.25) is 0 Å². The van der Waals surface area contributed by atoms with Crippen molar-refractivity contribution in [1.29, 1.82) is 0 Å². The van der Waals surface area contributed by atoms with Crippen molar-refractivity contribution in [3.05, 3.63) is 5.01 Å². The lowest BCUT2D eigenvalue weighted by molar-refractivity contribution is 0.208. The van der Waals surface area contributed by atoms with Crippen molar-refractivity contribution in [2.45, 2.75) is 38.4 Å². The van der Waals surface area contributed by atoms with Crippen LogP contribution in [0, 0.1) is 0 Å². The predicted molar refractivity (Wildman–Crippen MR) is 81.0 cm³/mol. The molecule has 0 atom stereocenters. The first-order valence-corrected chi connectivity index (χ1v) is 8.32. The molecule has 2 rings (SSSR count). The van der Waals surface area contributed by atoms with Gasteiger partial charge in [-0.2, -0.15) is 11.8 Å². The molecule has 1 N–H and O–H groups in total. The Morgan fingerprint density at radius 2 is 2.26 bits per heavy atom. The largest absolute Gasteiger partial charge is 0.323 e. The van der Waals surface area contributed by atoms with Gasteiger partial charge in [-0.05, 0) is 20.3 Å². The van der Waals surface area contributed by atoms with E-state index < -0.39 is 0 Å². The summed E-state index contributed by atoms with van der Waals surface area (Å²) in [5.74, 6) is 0.984. The number of hydrogen-bond donors (Lipinski definition) is 1. The zero-order valence-corrected chi connectivity index (χ0v) is 13.2. The molecule has 0 saturated carbocycles. The van der Waals surface area contributed by atoms with Gasteiger partial charge in [-0.25, -0.2) is 4.79 Å². The highest BCUT2D eigenvalue weighted by molar-refractivity contribution is 8.00. The third kappa shape index (κ3) is 4.07. The number of amides is 2. The molecule has 0 aromatic carbocycles. The molecule has 2 heterocycles. The molecule has 5 nitrogen and oxygen atoms in total. The number of aryl methyl sites for hydroxylation is 1. The molecule has 2 amide bonds. The number of nitrogens with zero attached hydrogens (tertiary/aromatic N) is 3. The first-order valence-electron chi connectivity index (χ1n) is 6.52. The number of anilines is 1. The van der Waals surface area contributed by atoms with Crippen LogP contribution in [0.15, 0.2) is 0 Å². The van der Waals surface area contributed by atoms with Crippen molar-refractivity contribution in [1.82, 2.24) is 15.1 Å². The smallest absolute Gasteiger partial charge is 0.322 e. The van der Waals surface area contributed by atoms with Gasteiger partial charge in [-0.3, -0.25) is 5.32 Å². The fourth-order valence-electron chi connectivity index (χ4n) is 1.98. The molecule has 1 aliphatic rings. The number of hydrogen-bond acceptors (Lipinski definition) is 5. The van der Waals surface area contributed by atoms with Crippen LogP contribution in [0.5, 0.6) is 0 Å². The zero-order chi connectivity index (χ0) is 13.9. The maximum Gasteiger partial charge on any atom is 0.323 e. The molecule has 7 heteroatoms. The molecule has 1 aromatic heterocycles. The lowest BCUT2D eigenvalue weighted by Gasteiger charge is -2.37. The summed E-state index contributed by atoms with van der Waals surface area (Å²) in [6.45, 7) is 8.00. The molecule has 106 valence electrons. The number of carbonyl (C=O) groups is 1. The highest BCUT2D eigenvalue weighted by atomic mass is 32.2. The van der Waals surface area contributed by atoms with Gasteiger partial charge in [-0.1, -0.05) is 18.3 Å². The van der Waals surface area contributed by atoms with Crippen molar-refractivity contribution >= 4 is 34.3 Å². The first kappa shape index (κ1) is 14.6. The predicted octanol–water partition coefficient (Wildman–Crippen LogP) is 2.85. The third-order valence-corrected chi connectivity index (χ3v) is 5.05. The normalized spacial score (nSPS) is 18.4. The van der Waals surface area contributed by atoms with E-state index in [1.165, 1.54) is 11.3 Å². The lowest BCUT2D eigenvalue weighted by atomic mass is 10.2. The summed E-state index contributed by atoms with van der Waals surface area (Å²) in [5.41, 5.74) is 0. The minimum Gasteiger partial charge on any atom is -0.322 e. The van der Waals surface area contributed by atoms with Crippen LogP contribution in [-0.4, -0.2) is 44.7 Å². The van der Waals surface area contributed by atoms with Gasteiger partial charge in [0.15, 0.2) is 0 Å². The average molecular weight is 300 g/mol. The van der Waals surface area contributed by atoms with E-state index in [1.54, 1.807) is 0 Å². The number of rotatable bonds is 3. The van der Waals surface area contributed by atoms with Crippen LogP contribution in [-0.2, 0) is 6.42 Å². The summed E-state index contributed by atoms with van der Waals surface area (Å²) in [4.78, 5) is 14.0. The van der Waals surface area contributed by atoms with E-state index >= 15 is 0 Å². The molecular weight excluding hydrogens is 280 g/mol. The van der Waals surface area contributed by atoms with Crippen LogP contribution in [0.25, 0.3) is 0 Å². The van der Waals surface area contributed by atoms with Crippen molar-refractivity contribution in [2.24, 2.45) is 0 Å². The molecule has 1 aromatic rings. The van der Waals surface area contributed by atoms with E-state index in [-0.39, 0.29) is 10.8 Å². The summed E-state index contributed by atoms with van der Waals surface area (Å²) in [6.07, 6.45) is 1.96. The molecule has 0 aliphatic carbocycles. The standard InChI is InChI=1S/C12H20N4OS2/c1-4-5-9-14-15-10(19-9)13-11(17)16-6-7-18-12(2,3)8-16/h4-8H2,1-3H3,(H,13,15,17). The first-order chi connectivity index (χ1) is 9.00.